The molecular formula is C14H8Cl7N3O. The van der Waals surface area contributed by atoms with E-state index in [0.717, 1.165) is 5.56 Å². The molecule has 0 radical (unpaired) electrons. The maximum Gasteiger partial charge on any atom is 0.250 e. The molecule has 0 aliphatic rings. The molecule has 0 unspecified atom stereocenters. The van der Waals surface area contributed by atoms with Crippen LogP contribution in [0, 0.1) is 0 Å². The van der Waals surface area contributed by atoms with Crippen molar-refractivity contribution in [3.63, 3.8) is 0 Å². The van der Waals surface area contributed by atoms with Gasteiger partial charge in [0.25, 0.3) is 0 Å². The Kier molecular flexibility index (Phi) is 7.08. The van der Waals surface area contributed by atoms with Crippen LogP contribution in [0.2, 0.25) is 5.02 Å². The highest BCUT2D eigenvalue weighted by atomic mass is 35.6. The van der Waals surface area contributed by atoms with Crippen LogP contribution in [0.5, 0.6) is 0 Å². The fraction of sp³-hybridized carbons (Fsp3) is 0.214. The second-order valence-corrected chi connectivity index (χ2v) is 9.65. The van der Waals surface area contributed by atoms with Crippen molar-refractivity contribution >= 4 is 93.4 Å². The minimum atomic E-state index is -1.91. The van der Waals surface area contributed by atoms with E-state index in [-0.39, 0.29) is 24.1 Å². The summed E-state index contributed by atoms with van der Waals surface area (Å²) in [5, 5.41) is 9.55. The van der Waals surface area contributed by atoms with E-state index in [0.29, 0.717) is 10.6 Å². The van der Waals surface area contributed by atoms with Crippen LogP contribution in [0.4, 0.5) is 0 Å². The summed E-state index contributed by atoms with van der Waals surface area (Å²) in [4.78, 5) is 11.9. The number of alkyl halides is 6. The summed E-state index contributed by atoms with van der Waals surface area (Å²) < 4.78 is -3.83. The quantitative estimate of drug-likeness (QED) is 0.559. The molecule has 1 N–H and O–H groups in total. The van der Waals surface area contributed by atoms with Crippen LogP contribution >= 0.6 is 81.2 Å². The van der Waals surface area contributed by atoms with Crippen LogP contribution in [0.15, 0.2) is 18.2 Å². The molecule has 2 aromatic rings. The summed E-state index contributed by atoms with van der Waals surface area (Å²) in [7, 11) is 0. The maximum atomic E-state index is 9.13. The van der Waals surface area contributed by atoms with Crippen molar-refractivity contribution in [3.8, 4) is 0 Å². The normalized spacial score (nSPS) is 12.8. The summed E-state index contributed by atoms with van der Waals surface area (Å²) in [6.45, 7) is -0.157. The standard InChI is InChI=1S/C14H8Cl7N3O/c15-9-5-7(1-3-8(9)6-25)2-4-10-22-11(13(16,17)18)24-12(23-10)14(19,20)21/h1-5,25H,6H2. The summed E-state index contributed by atoms with van der Waals surface area (Å²) >= 11 is 40.9. The number of hydrogen-bond donors (Lipinski definition) is 1. The van der Waals surface area contributed by atoms with E-state index in [4.69, 9.17) is 86.3 Å². The Morgan fingerprint density at radius 1 is 0.880 bits per heavy atom. The van der Waals surface area contributed by atoms with Gasteiger partial charge >= 0.3 is 0 Å². The Morgan fingerprint density at radius 2 is 1.44 bits per heavy atom. The summed E-state index contributed by atoms with van der Waals surface area (Å²) in [5.74, 6) is -0.232. The van der Waals surface area contributed by atoms with Crippen molar-refractivity contribution in [2.24, 2.45) is 0 Å². The van der Waals surface area contributed by atoms with Gasteiger partial charge in [-0.1, -0.05) is 99.4 Å². The lowest BCUT2D eigenvalue weighted by molar-refractivity contribution is 0.282. The van der Waals surface area contributed by atoms with Crippen LogP contribution < -0.4 is 0 Å². The zero-order valence-corrected chi connectivity index (χ0v) is 17.3. The predicted octanol–water partition coefficient (Wildman–Crippen LogP) is 5.84. The fourth-order valence-electron chi connectivity index (χ4n) is 1.69. The van der Waals surface area contributed by atoms with E-state index < -0.39 is 7.59 Å². The minimum absolute atomic E-state index is 0.125. The topological polar surface area (TPSA) is 58.9 Å². The van der Waals surface area contributed by atoms with Crippen molar-refractivity contribution in [1.29, 1.82) is 0 Å². The largest absolute Gasteiger partial charge is 0.392 e. The first-order chi connectivity index (χ1) is 11.5. The van der Waals surface area contributed by atoms with Gasteiger partial charge in [0.2, 0.25) is 7.59 Å². The molecule has 0 amide bonds. The van der Waals surface area contributed by atoms with Crippen LogP contribution in [0.1, 0.15) is 28.6 Å². The lowest BCUT2D eigenvalue weighted by Gasteiger charge is -2.14. The zero-order chi connectivity index (χ0) is 18.8. The van der Waals surface area contributed by atoms with E-state index in [1.54, 1.807) is 24.3 Å². The first-order valence-corrected chi connectivity index (χ1v) is 9.13. The van der Waals surface area contributed by atoms with Gasteiger partial charge in [0.15, 0.2) is 17.5 Å². The number of halogens is 7. The Morgan fingerprint density at radius 3 is 1.88 bits per heavy atom. The molecule has 134 valence electrons. The molecule has 0 spiro atoms. The van der Waals surface area contributed by atoms with Crippen molar-refractivity contribution in [1.82, 2.24) is 15.0 Å². The number of aliphatic hydroxyl groups is 1. The van der Waals surface area contributed by atoms with Gasteiger partial charge in [-0.25, -0.2) is 15.0 Å². The molecule has 1 heterocycles. The van der Waals surface area contributed by atoms with Crippen molar-refractivity contribution in [2.45, 2.75) is 14.2 Å². The number of hydrogen-bond acceptors (Lipinski definition) is 4. The average molecular weight is 482 g/mol. The molecule has 0 saturated carbocycles. The Balaban J connectivity index is 2.43. The summed E-state index contributed by atoms with van der Waals surface area (Å²) in [6.07, 6.45) is 3.18. The molecule has 4 nitrogen and oxygen atoms in total. The van der Waals surface area contributed by atoms with Crippen molar-refractivity contribution < 1.29 is 5.11 Å². The van der Waals surface area contributed by atoms with Gasteiger partial charge in [0.05, 0.1) is 6.61 Å². The third kappa shape index (κ3) is 5.98. The number of aromatic nitrogens is 3. The van der Waals surface area contributed by atoms with Gasteiger partial charge in [0, 0.05) is 5.02 Å². The molecule has 1 aromatic heterocycles. The van der Waals surface area contributed by atoms with Gasteiger partial charge in [-0.05, 0) is 23.3 Å². The maximum absolute atomic E-state index is 9.13. The summed E-state index contributed by atoms with van der Waals surface area (Å²) in [6, 6.07) is 5.10. The van der Waals surface area contributed by atoms with Crippen LogP contribution in [0.3, 0.4) is 0 Å². The van der Waals surface area contributed by atoms with Gasteiger partial charge in [-0.2, -0.15) is 0 Å². The molecule has 0 bridgehead atoms. The molecule has 0 aliphatic carbocycles. The lowest BCUT2D eigenvalue weighted by atomic mass is 10.1. The second-order valence-electron chi connectivity index (χ2n) is 4.68. The molecule has 1 aromatic carbocycles. The zero-order valence-electron chi connectivity index (χ0n) is 12.0. The number of nitrogens with zero attached hydrogens (tertiary/aromatic N) is 3. The monoisotopic (exact) mass is 479 g/mol. The van der Waals surface area contributed by atoms with Gasteiger partial charge in [-0.15, -0.1) is 0 Å². The minimum Gasteiger partial charge on any atom is -0.392 e. The number of aliphatic hydroxyl groups excluding tert-OH is 1. The van der Waals surface area contributed by atoms with Gasteiger partial charge in [-0.3, -0.25) is 0 Å². The summed E-state index contributed by atoms with van der Waals surface area (Å²) in [5.41, 5.74) is 1.34. The van der Waals surface area contributed by atoms with E-state index >= 15 is 0 Å². The highest BCUT2D eigenvalue weighted by Crippen LogP contribution is 2.40. The van der Waals surface area contributed by atoms with Crippen LogP contribution in [-0.2, 0) is 14.2 Å². The smallest absolute Gasteiger partial charge is 0.250 e. The molecule has 0 atom stereocenters. The first-order valence-electron chi connectivity index (χ1n) is 6.48. The van der Waals surface area contributed by atoms with E-state index in [1.807, 2.05) is 0 Å². The second kappa shape index (κ2) is 8.32. The SMILES string of the molecule is OCc1ccc(C=Cc2nc(C(Cl)(Cl)Cl)nc(C(Cl)(Cl)Cl)n2)cc1Cl. The molecule has 0 saturated heterocycles. The number of benzene rings is 1. The molecule has 11 heteroatoms. The van der Waals surface area contributed by atoms with E-state index in [2.05, 4.69) is 15.0 Å². The third-order valence-electron chi connectivity index (χ3n) is 2.83. The first kappa shape index (κ1) is 21.3. The average Bonchev–Trinajstić information content (AvgIpc) is 2.51. The van der Waals surface area contributed by atoms with Crippen molar-refractivity contribution in [2.75, 3.05) is 0 Å². The van der Waals surface area contributed by atoms with E-state index in [1.165, 1.54) is 6.08 Å². The van der Waals surface area contributed by atoms with Crippen molar-refractivity contribution in [3.05, 3.63) is 51.8 Å². The molecular weight excluding hydrogens is 474 g/mol. The fourth-order valence-corrected chi connectivity index (χ4v) is 2.44. The van der Waals surface area contributed by atoms with Crippen LogP contribution in [0.25, 0.3) is 12.2 Å². The molecule has 25 heavy (non-hydrogen) atoms. The van der Waals surface area contributed by atoms with Crippen LogP contribution in [-0.4, -0.2) is 20.1 Å². The highest BCUT2D eigenvalue weighted by molar-refractivity contribution is 6.67. The predicted molar refractivity (Wildman–Crippen MR) is 105 cm³/mol. The molecule has 0 aliphatic heterocycles. The van der Waals surface area contributed by atoms with Gasteiger partial charge < -0.3 is 5.11 Å². The molecule has 0 fully saturated rings. The lowest BCUT2D eigenvalue weighted by Crippen LogP contribution is -2.16. The Labute approximate surface area is 178 Å². The number of rotatable bonds is 3. The molecule has 2 rings (SSSR count). The van der Waals surface area contributed by atoms with E-state index in [9.17, 15) is 0 Å². The Hall–Kier alpha value is -0.0400. The highest BCUT2D eigenvalue weighted by Gasteiger charge is 2.33. The Bertz CT molecular complexity index is 768. The van der Waals surface area contributed by atoms with Gasteiger partial charge in [0.1, 0.15) is 0 Å². The third-order valence-corrected chi connectivity index (χ3v) is 4.20.